The van der Waals surface area contributed by atoms with Crippen LogP contribution >= 0.6 is 0 Å². The Hall–Kier alpha value is -2.89. The second-order valence-corrected chi connectivity index (χ2v) is 6.76. The summed E-state index contributed by atoms with van der Waals surface area (Å²) < 4.78 is 1.99. The van der Waals surface area contributed by atoms with Gasteiger partial charge in [0.15, 0.2) is 0 Å². The minimum atomic E-state index is -0.392. The van der Waals surface area contributed by atoms with Crippen LogP contribution in [0.2, 0.25) is 0 Å². The zero-order chi connectivity index (χ0) is 18.1. The summed E-state index contributed by atoms with van der Waals surface area (Å²) in [5, 5.41) is 1.03. The van der Waals surface area contributed by atoms with Gasteiger partial charge in [-0.15, -0.1) is 0 Å². The number of nitrogens with zero attached hydrogens (tertiary/aromatic N) is 3. The maximum Gasteiger partial charge on any atom is 0.290 e. The van der Waals surface area contributed by atoms with E-state index in [2.05, 4.69) is 9.97 Å². The number of nitrogens with one attached hydrogen (secondary N) is 1. The van der Waals surface area contributed by atoms with Crippen LogP contribution in [0.4, 0.5) is 0 Å². The van der Waals surface area contributed by atoms with Gasteiger partial charge in [0.05, 0.1) is 12.2 Å². The van der Waals surface area contributed by atoms with Gasteiger partial charge >= 0.3 is 0 Å². The van der Waals surface area contributed by atoms with E-state index in [1.54, 1.807) is 17.4 Å². The van der Waals surface area contributed by atoms with Gasteiger partial charge in [-0.25, -0.2) is 4.98 Å². The minimum absolute atomic E-state index is 0.0861. The summed E-state index contributed by atoms with van der Waals surface area (Å²) in [7, 11) is 0. The third-order valence-electron chi connectivity index (χ3n) is 5.29. The van der Waals surface area contributed by atoms with Crippen molar-refractivity contribution in [2.45, 2.75) is 38.3 Å². The van der Waals surface area contributed by atoms with Crippen molar-refractivity contribution >= 4 is 22.6 Å². The number of ketones is 1. The second-order valence-electron chi connectivity index (χ2n) is 6.76. The molecule has 2 atom stereocenters. The number of hydrogen-bond donors (Lipinski definition) is 1. The first kappa shape index (κ1) is 16.6. The summed E-state index contributed by atoms with van der Waals surface area (Å²) in [6.07, 6.45) is 8.86. The Morgan fingerprint density at radius 2 is 2.04 bits per heavy atom. The molecule has 134 valence electrons. The highest BCUT2D eigenvalue weighted by atomic mass is 16.2. The van der Waals surface area contributed by atoms with Crippen LogP contribution in [0.5, 0.6) is 0 Å². The lowest BCUT2D eigenvalue weighted by Crippen LogP contribution is -2.35. The molecule has 0 radical (unpaired) electrons. The molecule has 0 aliphatic carbocycles. The van der Waals surface area contributed by atoms with Crippen LogP contribution in [0.25, 0.3) is 10.9 Å². The lowest BCUT2D eigenvalue weighted by atomic mass is 9.89. The van der Waals surface area contributed by atoms with Crippen molar-refractivity contribution in [1.82, 2.24) is 19.4 Å². The van der Waals surface area contributed by atoms with Crippen LogP contribution in [0.3, 0.4) is 0 Å². The average Bonchev–Trinajstić information content (AvgIpc) is 3.36. The molecule has 26 heavy (non-hydrogen) atoms. The van der Waals surface area contributed by atoms with Crippen LogP contribution in [0.1, 0.15) is 31.2 Å². The van der Waals surface area contributed by atoms with E-state index in [0.29, 0.717) is 6.54 Å². The molecule has 1 aromatic carbocycles. The molecule has 1 fully saturated rings. The molecule has 0 saturated carbocycles. The third kappa shape index (κ3) is 2.71. The van der Waals surface area contributed by atoms with Gasteiger partial charge in [0, 0.05) is 48.6 Å². The molecular weight excluding hydrogens is 328 g/mol. The van der Waals surface area contributed by atoms with E-state index in [0.717, 1.165) is 35.9 Å². The van der Waals surface area contributed by atoms with Gasteiger partial charge in [-0.2, -0.15) is 0 Å². The topological polar surface area (TPSA) is 71.0 Å². The van der Waals surface area contributed by atoms with Crippen LogP contribution in [-0.4, -0.2) is 43.7 Å². The molecule has 6 nitrogen and oxygen atoms in total. The summed E-state index contributed by atoms with van der Waals surface area (Å²) in [5.41, 5.74) is 1.93. The summed E-state index contributed by atoms with van der Waals surface area (Å²) >= 11 is 0. The predicted octanol–water partition coefficient (Wildman–Crippen LogP) is 2.73. The number of benzene rings is 1. The number of carbonyl (C=O) groups excluding carboxylic acids is 2. The van der Waals surface area contributed by atoms with Crippen LogP contribution in [0.15, 0.2) is 49.2 Å². The Kier molecular flexibility index (Phi) is 4.32. The number of rotatable bonds is 6. The van der Waals surface area contributed by atoms with Crippen LogP contribution in [0, 0.1) is 0 Å². The Labute approximate surface area is 151 Å². The Bertz CT molecular complexity index is 928. The molecule has 2 unspecified atom stereocenters. The number of para-hydroxylation sites is 1. The number of likely N-dealkylation sites (tertiary alicyclic amines) is 1. The van der Waals surface area contributed by atoms with E-state index in [1.165, 1.54) is 0 Å². The van der Waals surface area contributed by atoms with Gasteiger partial charge in [0.2, 0.25) is 5.78 Å². The third-order valence-corrected chi connectivity index (χ3v) is 5.29. The normalized spacial score (nSPS) is 20.4. The largest absolute Gasteiger partial charge is 0.361 e. The number of amides is 1. The summed E-state index contributed by atoms with van der Waals surface area (Å²) in [6.45, 7) is 3.41. The number of aromatic amines is 1. The molecule has 1 saturated heterocycles. The smallest absolute Gasteiger partial charge is 0.290 e. The first-order valence-electron chi connectivity index (χ1n) is 9.07. The monoisotopic (exact) mass is 350 g/mol. The second kappa shape index (κ2) is 6.78. The first-order valence-corrected chi connectivity index (χ1v) is 9.07. The SMILES string of the molecule is CCC1C(c2c[nH]c3ccccc23)C(=O)C(=O)N1CCCn1ccnc1. The lowest BCUT2D eigenvalue weighted by molar-refractivity contribution is -0.140. The van der Waals surface area contributed by atoms with E-state index in [1.807, 2.05) is 48.1 Å². The molecule has 6 heteroatoms. The van der Waals surface area contributed by atoms with Crippen molar-refractivity contribution in [3.05, 3.63) is 54.7 Å². The van der Waals surface area contributed by atoms with Crippen molar-refractivity contribution < 1.29 is 9.59 Å². The standard InChI is InChI=1S/C20H22N4O2/c1-2-17-18(15-12-22-16-7-4-3-6-14(15)16)19(25)20(26)24(17)10-5-9-23-11-8-21-13-23/h3-4,6-8,11-13,17-18,22H,2,5,9-10H2,1H3. The number of fused-ring (bicyclic) bond motifs is 1. The Morgan fingerprint density at radius 3 is 2.81 bits per heavy atom. The molecule has 3 heterocycles. The van der Waals surface area contributed by atoms with E-state index < -0.39 is 5.92 Å². The fourth-order valence-corrected chi connectivity index (χ4v) is 4.05. The number of Topliss-reactive ketones (excluding diaryl/α,β-unsaturated/α-hetero) is 1. The van der Waals surface area contributed by atoms with E-state index in [-0.39, 0.29) is 17.7 Å². The molecule has 4 rings (SSSR count). The molecule has 3 aromatic rings. The van der Waals surface area contributed by atoms with Crippen molar-refractivity contribution in [3.8, 4) is 0 Å². The van der Waals surface area contributed by atoms with Gasteiger partial charge in [0.25, 0.3) is 5.91 Å². The Morgan fingerprint density at radius 1 is 1.19 bits per heavy atom. The number of H-pyrrole nitrogens is 1. The maximum atomic E-state index is 12.8. The van der Waals surface area contributed by atoms with Gasteiger partial charge in [-0.05, 0) is 24.5 Å². The van der Waals surface area contributed by atoms with Gasteiger partial charge in [-0.1, -0.05) is 25.1 Å². The van der Waals surface area contributed by atoms with E-state index in [4.69, 9.17) is 0 Å². The number of imidazole rings is 1. The Balaban J connectivity index is 1.57. The number of hydrogen-bond acceptors (Lipinski definition) is 3. The van der Waals surface area contributed by atoms with Gasteiger partial charge in [0.1, 0.15) is 0 Å². The first-order chi connectivity index (χ1) is 12.7. The predicted molar refractivity (Wildman–Crippen MR) is 98.7 cm³/mol. The van der Waals surface area contributed by atoms with Gasteiger partial charge < -0.3 is 14.5 Å². The highest BCUT2D eigenvalue weighted by molar-refractivity contribution is 6.40. The van der Waals surface area contributed by atoms with Crippen molar-refractivity contribution in [2.75, 3.05) is 6.54 Å². The van der Waals surface area contributed by atoms with Crippen LogP contribution in [-0.2, 0) is 16.1 Å². The van der Waals surface area contributed by atoms with Gasteiger partial charge in [-0.3, -0.25) is 9.59 Å². The molecule has 2 aromatic heterocycles. The highest BCUT2D eigenvalue weighted by Crippen LogP contribution is 2.37. The molecule has 1 N–H and O–H groups in total. The zero-order valence-corrected chi connectivity index (χ0v) is 14.8. The molecule has 0 bridgehead atoms. The van der Waals surface area contributed by atoms with Crippen LogP contribution < -0.4 is 0 Å². The van der Waals surface area contributed by atoms with Crippen molar-refractivity contribution in [3.63, 3.8) is 0 Å². The highest BCUT2D eigenvalue weighted by Gasteiger charge is 2.47. The van der Waals surface area contributed by atoms with E-state index >= 15 is 0 Å². The molecular formula is C20H22N4O2. The molecule has 1 aliphatic rings. The quantitative estimate of drug-likeness (QED) is 0.695. The fraction of sp³-hybridized carbons (Fsp3) is 0.350. The molecule has 0 spiro atoms. The fourth-order valence-electron chi connectivity index (χ4n) is 4.05. The summed E-state index contributed by atoms with van der Waals surface area (Å²) in [4.78, 5) is 34.5. The maximum absolute atomic E-state index is 12.8. The van der Waals surface area contributed by atoms with Crippen molar-refractivity contribution in [1.29, 1.82) is 0 Å². The average molecular weight is 350 g/mol. The van der Waals surface area contributed by atoms with E-state index in [9.17, 15) is 9.59 Å². The number of carbonyl (C=O) groups is 2. The summed E-state index contributed by atoms with van der Waals surface area (Å²) in [6, 6.07) is 7.84. The summed E-state index contributed by atoms with van der Waals surface area (Å²) in [5.74, 6) is -1.03. The lowest BCUT2D eigenvalue weighted by Gasteiger charge is -2.26. The minimum Gasteiger partial charge on any atom is -0.361 e. The number of aryl methyl sites for hydroxylation is 1. The molecule has 1 amide bonds. The molecule has 1 aliphatic heterocycles. The van der Waals surface area contributed by atoms with Crippen molar-refractivity contribution in [2.24, 2.45) is 0 Å². The zero-order valence-electron chi connectivity index (χ0n) is 14.8. The number of aromatic nitrogens is 3.